The SMILES string of the molecule is Cc1cc(N(c2ccccc2)N(C)C)c2c(ccc3ncnc32)[nH]1.Cl. The Kier molecular flexibility index (Phi) is 4.61. The molecule has 1 N–H and O–H groups in total. The molecule has 0 bridgehead atoms. The summed E-state index contributed by atoms with van der Waals surface area (Å²) in [6.07, 6.45) is 1.62. The van der Waals surface area contributed by atoms with Gasteiger partial charge in [-0.15, -0.1) is 12.4 Å². The highest BCUT2D eigenvalue weighted by atomic mass is 35.5. The minimum Gasteiger partial charge on any atom is -0.358 e. The monoisotopic (exact) mass is 353 g/mol. The number of anilines is 2. The number of hydrogen-bond acceptors (Lipinski definition) is 4. The van der Waals surface area contributed by atoms with Crippen LogP contribution in [0.1, 0.15) is 5.69 Å². The molecule has 2 aromatic heterocycles. The van der Waals surface area contributed by atoms with E-state index in [9.17, 15) is 0 Å². The number of rotatable bonds is 3. The fourth-order valence-corrected chi connectivity index (χ4v) is 3.17. The molecule has 0 saturated carbocycles. The number of H-pyrrole nitrogens is 1. The van der Waals surface area contributed by atoms with Crippen molar-refractivity contribution in [1.82, 2.24) is 20.0 Å². The molecule has 25 heavy (non-hydrogen) atoms. The van der Waals surface area contributed by atoms with E-state index in [1.807, 2.05) is 38.4 Å². The van der Waals surface area contributed by atoms with Crippen LogP contribution in [0.15, 0.2) is 54.9 Å². The number of aryl methyl sites for hydroxylation is 1. The van der Waals surface area contributed by atoms with Gasteiger partial charge < -0.3 is 4.98 Å². The molecule has 0 unspecified atom stereocenters. The van der Waals surface area contributed by atoms with E-state index < -0.39 is 0 Å². The first kappa shape index (κ1) is 17.2. The Morgan fingerprint density at radius 2 is 1.72 bits per heavy atom. The van der Waals surface area contributed by atoms with Gasteiger partial charge in [0, 0.05) is 19.8 Å². The van der Waals surface area contributed by atoms with Crippen LogP contribution in [0.2, 0.25) is 0 Å². The Hall–Kier alpha value is -2.63. The molecule has 5 nitrogen and oxygen atoms in total. The summed E-state index contributed by atoms with van der Waals surface area (Å²) in [6.45, 7) is 2.07. The van der Waals surface area contributed by atoms with Crippen LogP contribution in [-0.4, -0.2) is 34.1 Å². The van der Waals surface area contributed by atoms with E-state index in [-0.39, 0.29) is 12.4 Å². The van der Waals surface area contributed by atoms with Gasteiger partial charge in [-0.25, -0.2) is 15.0 Å². The standard InChI is InChI=1S/C19H19N5.ClH/c1-13-11-17(24(23(2)3)14-7-5-4-6-8-14)18-15(22-13)9-10-16-19(18)21-12-20-16;/h4-12,22H,1-3H3;1H. The van der Waals surface area contributed by atoms with Crippen molar-refractivity contribution in [2.75, 3.05) is 19.1 Å². The number of hydrazine groups is 1. The second-order valence-electron chi connectivity index (χ2n) is 6.06. The van der Waals surface area contributed by atoms with Gasteiger partial charge in [0.15, 0.2) is 0 Å². The first-order valence-electron chi connectivity index (χ1n) is 7.90. The smallest absolute Gasteiger partial charge is 0.116 e. The summed E-state index contributed by atoms with van der Waals surface area (Å²) in [4.78, 5) is 12.3. The van der Waals surface area contributed by atoms with Crippen molar-refractivity contribution in [3.8, 4) is 0 Å². The number of benzene rings is 2. The van der Waals surface area contributed by atoms with Crippen molar-refractivity contribution < 1.29 is 0 Å². The van der Waals surface area contributed by atoms with Crippen molar-refractivity contribution in [2.45, 2.75) is 6.92 Å². The highest BCUT2D eigenvalue weighted by molar-refractivity contribution is 6.10. The predicted octanol–water partition coefficient (Wildman–Crippen LogP) is 4.46. The van der Waals surface area contributed by atoms with E-state index in [1.165, 1.54) is 0 Å². The van der Waals surface area contributed by atoms with Gasteiger partial charge in [0.25, 0.3) is 0 Å². The van der Waals surface area contributed by atoms with Gasteiger partial charge in [0.05, 0.1) is 27.8 Å². The number of nitrogens with zero attached hydrogens (tertiary/aromatic N) is 4. The summed E-state index contributed by atoms with van der Waals surface area (Å²) >= 11 is 0. The molecule has 0 atom stereocenters. The fourth-order valence-electron chi connectivity index (χ4n) is 3.17. The number of fused-ring (bicyclic) bond motifs is 3. The molecular weight excluding hydrogens is 334 g/mol. The first-order chi connectivity index (χ1) is 11.6. The summed E-state index contributed by atoms with van der Waals surface area (Å²) in [6, 6.07) is 16.6. The van der Waals surface area contributed by atoms with Gasteiger partial charge in [0.1, 0.15) is 11.8 Å². The highest BCUT2D eigenvalue weighted by Crippen LogP contribution is 2.36. The van der Waals surface area contributed by atoms with E-state index in [0.717, 1.165) is 39.0 Å². The van der Waals surface area contributed by atoms with Crippen LogP contribution >= 0.6 is 12.4 Å². The lowest BCUT2D eigenvalue weighted by molar-refractivity contribution is 0.419. The minimum atomic E-state index is 0. The topological polar surface area (TPSA) is 48.1 Å². The third-order valence-electron chi connectivity index (χ3n) is 4.11. The third-order valence-corrected chi connectivity index (χ3v) is 4.11. The summed E-state index contributed by atoms with van der Waals surface area (Å²) in [5.41, 5.74) is 6.17. The van der Waals surface area contributed by atoms with Gasteiger partial charge in [-0.1, -0.05) is 18.2 Å². The second-order valence-corrected chi connectivity index (χ2v) is 6.06. The third kappa shape index (κ3) is 2.92. The van der Waals surface area contributed by atoms with E-state index >= 15 is 0 Å². The molecule has 2 aromatic carbocycles. The van der Waals surface area contributed by atoms with E-state index in [0.29, 0.717) is 0 Å². The maximum atomic E-state index is 4.50. The maximum absolute atomic E-state index is 4.50. The number of pyridine rings is 1. The molecule has 0 fully saturated rings. The molecule has 0 saturated heterocycles. The van der Waals surface area contributed by atoms with Crippen LogP contribution in [-0.2, 0) is 0 Å². The lowest BCUT2D eigenvalue weighted by Gasteiger charge is -2.32. The first-order valence-corrected chi connectivity index (χ1v) is 7.90. The van der Waals surface area contributed by atoms with Gasteiger partial charge in [-0.3, -0.25) is 5.01 Å². The lowest BCUT2D eigenvalue weighted by atomic mass is 10.1. The zero-order valence-corrected chi connectivity index (χ0v) is 15.2. The minimum absolute atomic E-state index is 0. The average molecular weight is 354 g/mol. The van der Waals surface area contributed by atoms with Gasteiger partial charge in [-0.05, 0) is 37.3 Å². The van der Waals surface area contributed by atoms with Gasteiger partial charge in [-0.2, -0.15) is 0 Å². The molecule has 0 aliphatic rings. The van der Waals surface area contributed by atoms with Crippen LogP contribution < -0.4 is 5.01 Å². The molecule has 0 aliphatic heterocycles. The molecule has 4 rings (SSSR count). The van der Waals surface area contributed by atoms with Crippen LogP contribution in [0.3, 0.4) is 0 Å². The Morgan fingerprint density at radius 3 is 2.44 bits per heavy atom. The fraction of sp³-hybridized carbons (Fsp3) is 0.158. The van der Waals surface area contributed by atoms with Gasteiger partial charge in [0.2, 0.25) is 0 Å². The number of aromatic amines is 1. The highest BCUT2D eigenvalue weighted by Gasteiger charge is 2.18. The molecule has 0 amide bonds. The van der Waals surface area contributed by atoms with E-state index in [4.69, 9.17) is 0 Å². The van der Waals surface area contributed by atoms with Crippen LogP contribution in [0.4, 0.5) is 11.4 Å². The van der Waals surface area contributed by atoms with E-state index in [2.05, 4.69) is 56.2 Å². The molecule has 0 aliphatic carbocycles. The number of nitrogens with one attached hydrogen (secondary N) is 1. The summed E-state index contributed by atoms with van der Waals surface area (Å²) in [5.74, 6) is 0. The van der Waals surface area contributed by atoms with Crippen molar-refractivity contribution in [2.24, 2.45) is 0 Å². The Balaban J connectivity index is 0.00000182. The van der Waals surface area contributed by atoms with Crippen molar-refractivity contribution in [3.05, 3.63) is 60.6 Å². The second kappa shape index (κ2) is 6.70. The molecule has 2 heterocycles. The number of imidazole rings is 1. The van der Waals surface area contributed by atoms with Crippen LogP contribution in [0.25, 0.3) is 21.9 Å². The number of aromatic nitrogens is 3. The molecular formula is C19H20ClN5. The zero-order valence-electron chi connectivity index (χ0n) is 14.4. The number of halogens is 1. The van der Waals surface area contributed by atoms with Crippen molar-refractivity contribution in [3.63, 3.8) is 0 Å². The molecule has 6 heteroatoms. The van der Waals surface area contributed by atoms with E-state index in [1.54, 1.807) is 6.33 Å². The zero-order chi connectivity index (χ0) is 16.7. The number of para-hydroxylation sites is 1. The quantitative estimate of drug-likeness (QED) is 0.552. The molecule has 128 valence electrons. The normalized spacial score (nSPS) is 11.0. The molecule has 0 radical (unpaired) electrons. The van der Waals surface area contributed by atoms with Crippen LogP contribution in [0, 0.1) is 6.92 Å². The largest absolute Gasteiger partial charge is 0.358 e. The van der Waals surface area contributed by atoms with Crippen molar-refractivity contribution in [1.29, 1.82) is 0 Å². The summed E-state index contributed by atoms with van der Waals surface area (Å²) in [5, 5.41) is 5.35. The number of hydrogen-bond donors (Lipinski definition) is 1. The maximum Gasteiger partial charge on any atom is 0.116 e. The summed E-state index contributed by atoms with van der Waals surface area (Å²) in [7, 11) is 4.09. The van der Waals surface area contributed by atoms with Crippen LogP contribution in [0.5, 0.6) is 0 Å². The summed E-state index contributed by atoms with van der Waals surface area (Å²) < 4.78 is 0. The molecule has 4 aromatic rings. The average Bonchev–Trinajstić information content (AvgIpc) is 3.04. The molecule has 0 spiro atoms. The lowest BCUT2D eigenvalue weighted by Crippen LogP contribution is -2.32. The Labute approximate surface area is 152 Å². The van der Waals surface area contributed by atoms with Gasteiger partial charge >= 0.3 is 0 Å². The van der Waals surface area contributed by atoms with Crippen molar-refractivity contribution >= 4 is 45.7 Å². The Bertz CT molecular complexity index is 1010. The Morgan fingerprint density at radius 1 is 0.960 bits per heavy atom. The predicted molar refractivity (Wildman–Crippen MR) is 106 cm³/mol.